The van der Waals surface area contributed by atoms with Gasteiger partial charge in [0.25, 0.3) is 0 Å². The van der Waals surface area contributed by atoms with Gasteiger partial charge < -0.3 is 30.7 Å². The Labute approximate surface area is 232 Å². The number of urea groups is 1. The number of morpholine rings is 2. The van der Waals surface area contributed by atoms with Crippen LogP contribution in [0.1, 0.15) is 5.56 Å². The summed E-state index contributed by atoms with van der Waals surface area (Å²) in [5, 5.41) is 6.48. The highest BCUT2D eigenvalue weighted by Gasteiger charge is 2.32. The number of aromatic nitrogens is 4. The molecule has 2 amide bonds. The molecule has 1 aromatic carbocycles. The molecule has 3 aliphatic heterocycles. The number of fused-ring (bicyclic) bond motifs is 1. The average molecular weight is 547 g/mol. The van der Waals surface area contributed by atoms with E-state index in [1.807, 2.05) is 24.3 Å². The Kier molecular flexibility index (Phi) is 7.84. The molecule has 0 saturated carbocycles. The number of hydrogen-bond donors (Lipinski definition) is 3. The van der Waals surface area contributed by atoms with Crippen molar-refractivity contribution in [1.29, 1.82) is 0 Å². The molecule has 2 fully saturated rings. The van der Waals surface area contributed by atoms with Crippen LogP contribution in [0.3, 0.4) is 0 Å². The Morgan fingerprint density at radius 2 is 1.57 bits per heavy atom. The molecule has 0 spiro atoms. The molecule has 0 radical (unpaired) electrons. The van der Waals surface area contributed by atoms with Gasteiger partial charge in [-0.25, -0.2) is 19.7 Å². The zero-order valence-corrected chi connectivity index (χ0v) is 22.4. The number of nitrogens with one attached hydrogen (secondary N) is 2. The molecule has 6 rings (SSSR count). The summed E-state index contributed by atoms with van der Waals surface area (Å²) in [6, 6.07) is 7.53. The number of ether oxygens (including phenoxy) is 2. The lowest BCUT2D eigenvalue weighted by atomic mass is 10.1. The van der Waals surface area contributed by atoms with Gasteiger partial charge in [-0.1, -0.05) is 0 Å². The van der Waals surface area contributed by atoms with Gasteiger partial charge in [0.15, 0.2) is 0 Å². The zero-order chi connectivity index (χ0) is 27.3. The summed E-state index contributed by atoms with van der Waals surface area (Å²) in [6.45, 7) is 8.41. The van der Waals surface area contributed by atoms with Gasteiger partial charge >= 0.3 is 6.03 Å². The maximum Gasteiger partial charge on any atom is 0.327 e. The molecule has 5 heterocycles. The van der Waals surface area contributed by atoms with Gasteiger partial charge in [-0.05, 0) is 30.7 Å². The monoisotopic (exact) mass is 546 g/mol. The lowest BCUT2D eigenvalue weighted by molar-refractivity contribution is 0.0398. The number of nitrogens with zero attached hydrogens (tertiary/aromatic N) is 7. The summed E-state index contributed by atoms with van der Waals surface area (Å²) in [6.07, 6.45) is 3.94. The quantitative estimate of drug-likeness (QED) is 0.398. The van der Waals surface area contributed by atoms with E-state index in [4.69, 9.17) is 25.2 Å². The van der Waals surface area contributed by atoms with Gasteiger partial charge in [-0.15, -0.1) is 0 Å². The van der Waals surface area contributed by atoms with Crippen molar-refractivity contribution >= 4 is 35.1 Å². The van der Waals surface area contributed by atoms with E-state index in [0.29, 0.717) is 62.4 Å². The molecule has 13 nitrogen and oxygen atoms in total. The van der Waals surface area contributed by atoms with E-state index < -0.39 is 0 Å². The second-order valence-electron chi connectivity index (χ2n) is 9.89. The van der Waals surface area contributed by atoms with E-state index >= 15 is 0 Å². The summed E-state index contributed by atoms with van der Waals surface area (Å²) < 4.78 is 10.9. The standard InChI is InChI=1S/C27H34N10O3/c28-25-30-17-19(18-31-25)23-22-5-7-37(24(22)34-26(33-23)36-11-15-40-16-12-36)27(38)32-21-3-1-20(2-4-21)29-6-8-35-9-13-39-14-10-35/h1-4,17-18,29H,5-16H2,(H,32,38)(H2,28,30,31). The van der Waals surface area contributed by atoms with Crippen molar-refractivity contribution in [2.75, 3.05) is 98.4 Å². The number of nitrogen functional groups attached to an aromatic ring is 1. The van der Waals surface area contributed by atoms with E-state index in [1.165, 1.54) is 0 Å². The Morgan fingerprint density at radius 1 is 0.900 bits per heavy atom. The molecule has 0 atom stereocenters. The minimum absolute atomic E-state index is 0.196. The van der Waals surface area contributed by atoms with E-state index in [2.05, 4.69) is 30.4 Å². The topological polar surface area (TPSA) is 147 Å². The van der Waals surface area contributed by atoms with Gasteiger partial charge in [0.05, 0.1) is 32.1 Å². The number of carbonyl (C=O) groups is 1. The average Bonchev–Trinajstić information content (AvgIpc) is 3.43. The fourth-order valence-electron chi connectivity index (χ4n) is 5.09. The lowest BCUT2D eigenvalue weighted by Gasteiger charge is -2.28. The van der Waals surface area contributed by atoms with Crippen LogP contribution in [-0.4, -0.2) is 103 Å². The summed E-state index contributed by atoms with van der Waals surface area (Å²) in [5.41, 5.74) is 9.78. The second-order valence-corrected chi connectivity index (χ2v) is 9.89. The minimum atomic E-state index is -0.238. The number of rotatable bonds is 7. The maximum atomic E-state index is 13.4. The van der Waals surface area contributed by atoms with Crippen LogP contribution in [0.2, 0.25) is 0 Å². The highest BCUT2D eigenvalue weighted by Crippen LogP contribution is 2.35. The van der Waals surface area contributed by atoms with Crippen LogP contribution in [0, 0.1) is 0 Å². The first-order valence-corrected chi connectivity index (χ1v) is 13.7. The molecule has 4 N–H and O–H groups in total. The van der Waals surface area contributed by atoms with Crippen molar-refractivity contribution in [2.45, 2.75) is 6.42 Å². The third-order valence-electron chi connectivity index (χ3n) is 7.30. The van der Waals surface area contributed by atoms with Crippen molar-refractivity contribution in [3.63, 3.8) is 0 Å². The van der Waals surface area contributed by atoms with Crippen LogP contribution in [-0.2, 0) is 15.9 Å². The van der Waals surface area contributed by atoms with Gasteiger partial charge in [-0.3, -0.25) is 9.80 Å². The fraction of sp³-hybridized carbons (Fsp3) is 0.444. The zero-order valence-electron chi connectivity index (χ0n) is 22.4. The van der Waals surface area contributed by atoms with Crippen LogP contribution < -0.4 is 26.2 Å². The van der Waals surface area contributed by atoms with Crippen molar-refractivity contribution in [3.05, 3.63) is 42.2 Å². The molecule has 0 unspecified atom stereocenters. The molecule has 3 aliphatic rings. The SMILES string of the molecule is Nc1ncc(-c2nc(N3CCOCC3)nc3c2CCN3C(=O)Nc2ccc(NCCN3CCOCC3)cc2)cn1. The highest BCUT2D eigenvalue weighted by molar-refractivity contribution is 6.03. The highest BCUT2D eigenvalue weighted by atomic mass is 16.5. The van der Waals surface area contributed by atoms with Gasteiger partial charge in [0.1, 0.15) is 5.82 Å². The summed E-state index contributed by atoms with van der Waals surface area (Å²) in [5.74, 6) is 1.35. The number of nitrogens with two attached hydrogens (primary N) is 1. The predicted octanol–water partition coefficient (Wildman–Crippen LogP) is 1.69. The van der Waals surface area contributed by atoms with E-state index in [0.717, 1.165) is 56.2 Å². The van der Waals surface area contributed by atoms with E-state index in [1.54, 1.807) is 17.3 Å². The first kappa shape index (κ1) is 26.2. The largest absolute Gasteiger partial charge is 0.384 e. The third kappa shape index (κ3) is 5.91. The van der Waals surface area contributed by atoms with Crippen molar-refractivity contribution < 1.29 is 14.3 Å². The summed E-state index contributed by atoms with van der Waals surface area (Å²) in [4.78, 5) is 37.6. The summed E-state index contributed by atoms with van der Waals surface area (Å²) >= 11 is 0. The molecule has 3 aromatic rings. The molecule has 40 heavy (non-hydrogen) atoms. The van der Waals surface area contributed by atoms with Crippen LogP contribution in [0.5, 0.6) is 0 Å². The fourth-order valence-corrected chi connectivity index (χ4v) is 5.09. The molecule has 2 aromatic heterocycles. The Morgan fingerprint density at radius 3 is 2.30 bits per heavy atom. The van der Waals surface area contributed by atoms with Crippen molar-refractivity contribution in [3.8, 4) is 11.3 Å². The molecule has 210 valence electrons. The Balaban J connectivity index is 1.16. The van der Waals surface area contributed by atoms with Gasteiger partial charge in [0.2, 0.25) is 11.9 Å². The number of amides is 2. The van der Waals surface area contributed by atoms with E-state index in [9.17, 15) is 4.79 Å². The first-order valence-electron chi connectivity index (χ1n) is 13.7. The van der Waals surface area contributed by atoms with Gasteiger partial charge in [0, 0.05) is 80.7 Å². The van der Waals surface area contributed by atoms with Crippen molar-refractivity contribution in [2.24, 2.45) is 0 Å². The van der Waals surface area contributed by atoms with Crippen LogP contribution in [0.15, 0.2) is 36.7 Å². The molecule has 13 heteroatoms. The number of carbonyl (C=O) groups excluding carboxylic acids is 1. The van der Waals surface area contributed by atoms with Crippen LogP contribution in [0.4, 0.5) is 33.9 Å². The molecule has 0 aliphatic carbocycles. The Bertz CT molecular complexity index is 1310. The minimum Gasteiger partial charge on any atom is -0.384 e. The van der Waals surface area contributed by atoms with Crippen molar-refractivity contribution in [1.82, 2.24) is 24.8 Å². The molecule has 2 saturated heterocycles. The number of benzene rings is 1. The number of anilines is 5. The van der Waals surface area contributed by atoms with Crippen LogP contribution >= 0.6 is 0 Å². The van der Waals surface area contributed by atoms with Crippen LogP contribution in [0.25, 0.3) is 11.3 Å². The lowest BCUT2D eigenvalue weighted by Crippen LogP contribution is -2.39. The maximum absolute atomic E-state index is 13.4. The van der Waals surface area contributed by atoms with E-state index in [-0.39, 0.29) is 12.0 Å². The van der Waals surface area contributed by atoms with Gasteiger partial charge in [-0.2, -0.15) is 4.98 Å². The normalized spacial score (nSPS) is 17.5. The molecule has 0 bridgehead atoms. The Hall–Kier alpha value is -4.07. The predicted molar refractivity (Wildman–Crippen MR) is 153 cm³/mol. The smallest absolute Gasteiger partial charge is 0.327 e. The third-order valence-corrected chi connectivity index (χ3v) is 7.30. The second kappa shape index (κ2) is 12.0. The number of hydrogen-bond acceptors (Lipinski definition) is 11. The molecular formula is C27H34N10O3. The molecular weight excluding hydrogens is 512 g/mol. The summed E-state index contributed by atoms with van der Waals surface area (Å²) in [7, 11) is 0. The first-order chi connectivity index (χ1) is 19.6.